The smallest absolute Gasteiger partial charge is 0.306 e. The van der Waals surface area contributed by atoms with Crippen LogP contribution >= 0.6 is 7.82 Å². The van der Waals surface area contributed by atoms with Crippen molar-refractivity contribution in [2.45, 2.75) is 328 Å². The van der Waals surface area contributed by atoms with Gasteiger partial charge < -0.3 is 27.9 Å². The highest BCUT2D eigenvalue weighted by Crippen LogP contribution is 2.38. The first-order chi connectivity index (χ1) is 40.0. The number of hydrogen-bond donors (Lipinski definition) is 0. The molecule has 10 heteroatoms. The number of nitrogens with zero attached hydrogens (tertiary/aromatic N) is 1. The van der Waals surface area contributed by atoms with Crippen LogP contribution in [-0.2, 0) is 32.7 Å². The lowest BCUT2D eigenvalue weighted by molar-refractivity contribution is -0.870. The Morgan fingerprint density at radius 1 is 0.390 bits per heavy atom. The second-order valence-corrected chi connectivity index (χ2v) is 25.9. The van der Waals surface area contributed by atoms with E-state index in [1.807, 2.05) is 21.1 Å². The maximum Gasteiger partial charge on any atom is 0.306 e. The molecule has 478 valence electrons. The molecule has 0 aromatic carbocycles. The molecule has 0 N–H and O–H groups in total. The Labute approximate surface area is 508 Å². The van der Waals surface area contributed by atoms with Crippen LogP contribution in [0.4, 0.5) is 0 Å². The van der Waals surface area contributed by atoms with Gasteiger partial charge in [-0.05, 0) is 83.5 Å². The van der Waals surface area contributed by atoms with E-state index in [9.17, 15) is 19.0 Å². The molecule has 0 radical (unpaired) electrons. The summed E-state index contributed by atoms with van der Waals surface area (Å²) >= 11 is 0. The third-order valence-corrected chi connectivity index (χ3v) is 16.2. The Hall–Kier alpha value is -2.55. The highest BCUT2D eigenvalue weighted by molar-refractivity contribution is 7.45. The number of phosphoric acid groups is 1. The molecule has 9 nitrogen and oxygen atoms in total. The van der Waals surface area contributed by atoms with Crippen LogP contribution in [0.2, 0.25) is 0 Å². The van der Waals surface area contributed by atoms with E-state index in [1.54, 1.807) is 0 Å². The number of unbranched alkanes of at least 4 members (excludes halogenated alkanes) is 38. The quantitative estimate of drug-likeness (QED) is 0.0195. The fourth-order valence-electron chi connectivity index (χ4n) is 9.92. The average molecular weight is 1170 g/mol. The zero-order valence-corrected chi connectivity index (χ0v) is 55.3. The van der Waals surface area contributed by atoms with Crippen molar-refractivity contribution in [3.63, 3.8) is 0 Å². The van der Waals surface area contributed by atoms with Crippen molar-refractivity contribution < 1.29 is 42.1 Å². The van der Waals surface area contributed by atoms with Crippen molar-refractivity contribution in [1.82, 2.24) is 0 Å². The fraction of sp³-hybridized carbons (Fsp3) is 0.806. The SMILES string of the molecule is CC/C=C\C/C=C\C/C=C\C/C=C\CCCCCCCCCCCCCCCCCCC(=O)OC(COC(=O)CCCCCCCCCCCCCCCCCCC/C=C\C/C=C\CCCCCCC)COP(=O)([O-])OCC[N+](C)(C)C. The molecule has 0 aliphatic carbocycles. The van der Waals surface area contributed by atoms with E-state index in [0.29, 0.717) is 17.4 Å². The van der Waals surface area contributed by atoms with Crippen LogP contribution in [0.3, 0.4) is 0 Å². The normalized spacial score (nSPS) is 13.6. The molecule has 2 unspecified atom stereocenters. The topological polar surface area (TPSA) is 111 Å². The molecule has 0 amide bonds. The number of likely N-dealkylation sites (N-methyl/N-ethyl adjacent to an activating group) is 1. The van der Waals surface area contributed by atoms with Crippen LogP contribution in [0.15, 0.2) is 72.9 Å². The molecule has 0 bridgehead atoms. The minimum Gasteiger partial charge on any atom is -0.756 e. The summed E-state index contributed by atoms with van der Waals surface area (Å²) < 4.78 is 34.3. The second kappa shape index (κ2) is 63.0. The molecule has 0 aliphatic rings. The monoisotopic (exact) mass is 1170 g/mol. The minimum absolute atomic E-state index is 0.0309. The van der Waals surface area contributed by atoms with E-state index < -0.39 is 26.5 Å². The van der Waals surface area contributed by atoms with Gasteiger partial charge in [-0.2, -0.15) is 0 Å². The van der Waals surface area contributed by atoms with Crippen LogP contribution in [0.25, 0.3) is 0 Å². The molecular weight excluding hydrogens is 1040 g/mol. The molecule has 0 aliphatic heterocycles. The Kier molecular flexibility index (Phi) is 61.0. The van der Waals surface area contributed by atoms with Crippen molar-refractivity contribution in [2.75, 3.05) is 47.5 Å². The first-order valence-electron chi connectivity index (χ1n) is 34.6. The van der Waals surface area contributed by atoms with Gasteiger partial charge in [-0.3, -0.25) is 14.2 Å². The van der Waals surface area contributed by atoms with E-state index in [-0.39, 0.29) is 32.0 Å². The summed E-state index contributed by atoms with van der Waals surface area (Å²) in [4.78, 5) is 38.1. The number of phosphoric ester groups is 1. The highest BCUT2D eigenvalue weighted by atomic mass is 31.2. The van der Waals surface area contributed by atoms with Gasteiger partial charge in [0.1, 0.15) is 19.8 Å². The van der Waals surface area contributed by atoms with Gasteiger partial charge in [-0.25, -0.2) is 0 Å². The molecule has 0 saturated heterocycles. The van der Waals surface area contributed by atoms with Gasteiger partial charge in [0.05, 0.1) is 27.7 Å². The van der Waals surface area contributed by atoms with E-state index in [0.717, 1.165) is 70.6 Å². The largest absolute Gasteiger partial charge is 0.756 e. The summed E-state index contributed by atoms with van der Waals surface area (Å²) in [6.07, 6.45) is 84.1. The van der Waals surface area contributed by atoms with Crippen molar-refractivity contribution >= 4 is 19.8 Å². The Balaban J connectivity index is 4.03. The predicted molar refractivity (Wildman–Crippen MR) is 351 cm³/mol. The Bertz CT molecular complexity index is 1610. The third kappa shape index (κ3) is 66.6. The summed E-state index contributed by atoms with van der Waals surface area (Å²) in [5.74, 6) is -0.820. The number of esters is 2. The summed E-state index contributed by atoms with van der Waals surface area (Å²) in [6.45, 7) is 4.16. The van der Waals surface area contributed by atoms with Gasteiger partial charge in [0.2, 0.25) is 0 Å². The molecule has 0 spiro atoms. The number of hydrogen-bond acceptors (Lipinski definition) is 8. The van der Waals surface area contributed by atoms with Gasteiger partial charge in [-0.15, -0.1) is 0 Å². The number of carbonyl (C=O) groups excluding carboxylic acids is 2. The lowest BCUT2D eigenvalue weighted by Gasteiger charge is -2.28. The molecule has 0 heterocycles. The van der Waals surface area contributed by atoms with Gasteiger partial charge >= 0.3 is 11.9 Å². The number of carbonyl (C=O) groups is 2. The van der Waals surface area contributed by atoms with Gasteiger partial charge in [-0.1, -0.05) is 299 Å². The predicted octanol–water partition coefficient (Wildman–Crippen LogP) is 21.8. The Morgan fingerprint density at radius 3 is 1.04 bits per heavy atom. The molecule has 0 rings (SSSR count). The van der Waals surface area contributed by atoms with E-state index in [4.69, 9.17) is 18.5 Å². The molecule has 0 saturated carbocycles. The first kappa shape index (κ1) is 79.5. The van der Waals surface area contributed by atoms with Gasteiger partial charge in [0.25, 0.3) is 7.82 Å². The third-order valence-electron chi connectivity index (χ3n) is 15.2. The van der Waals surface area contributed by atoms with E-state index >= 15 is 0 Å². The van der Waals surface area contributed by atoms with Crippen molar-refractivity contribution in [1.29, 1.82) is 0 Å². The Morgan fingerprint density at radius 2 is 0.695 bits per heavy atom. The van der Waals surface area contributed by atoms with Crippen molar-refractivity contribution in [2.24, 2.45) is 0 Å². The van der Waals surface area contributed by atoms with Gasteiger partial charge in [0, 0.05) is 12.8 Å². The lowest BCUT2D eigenvalue weighted by atomic mass is 10.0. The number of quaternary nitrogens is 1. The molecule has 82 heavy (non-hydrogen) atoms. The number of ether oxygens (including phenoxy) is 2. The number of rotatable bonds is 64. The molecular formula is C72H132NO8P. The number of allylic oxidation sites excluding steroid dienone is 12. The maximum absolute atomic E-state index is 12.9. The summed E-state index contributed by atoms with van der Waals surface area (Å²) in [5.41, 5.74) is 0. The molecule has 0 aromatic heterocycles. The minimum atomic E-state index is -4.64. The highest BCUT2D eigenvalue weighted by Gasteiger charge is 2.22. The van der Waals surface area contributed by atoms with Crippen LogP contribution in [0.5, 0.6) is 0 Å². The van der Waals surface area contributed by atoms with Crippen LogP contribution < -0.4 is 4.89 Å². The van der Waals surface area contributed by atoms with E-state index in [1.165, 1.54) is 218 Å². The summed E-state index contributed by atoms with van der Waals surface area (Å²) in [6, 6.07) is 0. The zero-order valence-electron chi connectivity index (χ0n) is 54.4. The molecule has 0 aromatic rings. The van der Waals surface area contributed by atoms with E-state index in [2.05, 4.69) is 86.8 Å². The van der Waals surface area contributed by atoms with Crippen LogP contribution in [0, 0.1) is 0 Å². The van der Waals surface area contributed by atoms with Crippen LogP contribution in [-0.4, -0.2) is 70.0 Å². The first-order valence-corrected chi connectivity index (χ1v) is 36.1. The molecule has 2 atom stereocenters. The van der Waals surface area contributed by atoms with Crippen molar-refractivity contribution in [3.8, 4) is 0 Å². The standard InChI is InChI=1S/C72H132NO8P/c1-6-8-10-12-14-16-18-20-22-24-26-28-30-32-34-36-38-40-42-44-46-48-50-52-54-56-58-60-62-64-71(74)78-68-70(69-80-82(76,77)79-67-66-73(3,4)5)81-72(75)65-63-61-59-57-55-53-51-49-47-45-43-41-39-37-35-33-31-29-27-25-23-21-19-17-15-13-11-9-7-2/h9,11,15,17-18,20-21,23-24,26-27,29,70H,6-8,10,12-14,16,19,22,25,28,30-69H2,1-5H3/b11-9-,17-15-,20-18-,23-21-,26-24-,29-27-. The summed E-state index contributed by atoms with van der Waals surface area (Å²) in [7, 11) is 1.18. The zero-order chi connectivity index (χ0) is 59.8. The summed E-state index contributed by atoms with van der Waals surface area (Å²) in [5, 5.41) is 0. The van der Waals surface area contributed by atoms with Crippen LogP contribution in [0.1, 0.15) is 322 Å². The lowest BCUT2D eigenvalue weighted by Crippen LogP contribution is -2.37. The average Bonchev–Trinajstić information content (AvgIpc) is 3.45. The fourth-order valence-corrected chi connectivity index (χ4v) is 10.6. The molecule has 0 fully saturated rings. The second-order valence-electron chi connectivity index (χ2n) is 24.5. The van der Waals surface area contributed by atoms with Crippen molar-refractivity contribution in [3.05, 3.63) is 72.9 Å². The van der Waals surface area contributed by atoms with Gasteiger partial charge in [0.15, 0.2) is 6.10 Å². The maximum atomic E-state index is 12.9.